The molecule has 164 valence electrons. The Morgan fingerprint density at radius 1 is 1.40 bits per heavy atom. The Labute approximate surface area is 200 Å². The quantitative estimate of drug-likeness (QED) is 0.228. The average molecular weight is 545 g/mol. The summed E-state index contributed by atoms with van der Waals surface area (Å²) in [4.78, 5) is 11.5. The van der Waals surface area contributed by atoms with Crippen LogP contribution in [0.5, 0.6) is 0 Å². The number of piperidine rings is 1. The number of nitrogens with zero attached hydrogens (tertiary/aromatic N) is 4. The number of aliphatic imine (C=N–C) groups is 1. The van der Waals surface area contributed by atoms with Gasteiger partial charge in [0.25, 0.3) is 0 Å². The smallest absolute Gasteiger partial charge is 0.228 e. The average Bonchev–Trinajstić information content (AvgIpc) is 3.19. The molecule has 0 amide bonds. The minimum absolute atomic E-state index is 0. The summed E-state index contributed by atoms with van der Waals surface area (Å²) in [5.74, 6) is 1.95. The number of hydrogen-bond acceptors (Lipinski definition) is 5. The van der Waals surface area contributed by atoms with Gasteiger partial charge in [-0.3, -0.25) is 9.89 Å². The molecule has 1 aliphatic heterocycles. The number of rotatable bonds is 8. The van der Waals surface area contributed by atoms with Gasteiger partial charge >= 0.3 is 0 Å². The fourth-order valence-corrected chi connectivity index (χ4v) is 3.51. The van der Waals surface area contributed by atoms with Crippen LogP contribution in [0.4, 0.5) is 0 Å². The van der Waals surface area contributed by atoms with E-state index >= 15 is 0 Å². The summed E-state index contributed by atoms with van der Waals surface area (Å²) in [7, 11) is 0. The summed E-state index contributed by atoms with van der Waals surface area (Å²) in [6, 6.07) is 7.86. The number of likely N-dealkylation sites (tertiary alicyclic amines) is 1. The van der Waals surface area contributed by atoms with E-state index in [0.29, 0.717) is 35.7 Å². The van der Waals surface area contributed by atoms with Gasteiger partial charge in [-0.2, -0.15) is 4.98 Å². The Morgan fingerprint density at radius 3 is 2.90 bits per heavy atom. The van der Waals surface area contributed by atoms with E-state index in [1.165, 1.54) is 0 Å². The Morgan fingerprint density at radius 2 is 2.20 bits per heavy atom. The van der Waals surface area contributed by atoms with Gasteiger partial charge in [-0.05, 0) is 31.9 Å². The van der Waals surface area contributed by atoms with Gasteiger partial charge in [-0.15, -0.1) is 30.6 Å². The second kappa shape index (κ2) is 12.9. The van der Waals surface area contributed by atoms with Crippen LogP contribution < -0.4 is 10.6 Å². The normalized spacial score (nSPS) is 15.5. The van der Waals surface area contributed by atoms with Crippen LogP contribution in [0.3, 0.4) is 0 Å². The van der Waals surface area contributed by atoms with E-state index in [1.807, 2.05) is 30.3 Å². The van der Waals surface area contributed by atoms with Gasteiger partial charge in [0.15, 0.2) is 5.96 Å². The van der Waals surface area contributed by atoms with Gasteiger partial charge in [0.1, 0.15) is 0 Å². The van der Waals surface area contributed by atoms with Crippen LogP contribution in [0.1, 0.15) is 25.7 Å². The number of guanidine groups is 1. The van der Waals surface area contributed by atoms with E-state index in [0.717, 1.165) is 50.5 Å². The number of benzene rings is 1. The Hall–Kier alpha value is -1.65. The van der Waals surface area contributed by atoms with Crippen LogP contribution in [-0.4, -0.2) is 59.8 Å². The SMILES string of the molecule is C=CCN1CCC(NC(=NCCc2nc(-c3cccc(Cl)c3)no2)NCC)CC1.I. The highest BCUT2D eigenvalue weighted by molar-refractivity contribution is 14.0. The first-order valence-electron chi connectivity index (χ1n) is 10.1. The molecule has 1 aliphatic rings. The first-order valence-corrected chi connectivity index (χ1v) is 10.5. The molecule has 7 nitrogen and oxygen atoms in total. The fourth-order valence-electron chi connectivity index (χ4n) is 3.32. The van der Waals surface area contributed by atoms with E-state index in [-0.39, 0.29) is 24.0 Å². The molecule has 0 saturated carbocycles. The Balaban J connectivity index is 0.00000320. The number of aromatic nitrogens is 2. The maximum Gasteiger partial charge on any atom is 0.228 e. The molecule has 0 bridgehead atoms. The Bertz CT molecular complexity index is 819. The molecule has 9 heteroatoms. The summed E-state index contributed by atoms with van der Waals surface area (Å²) in [5.41, 5.74) is 0.841. The monoisotopic (exact) mass is 544 g/mol. The fraction of sp³-hybridized carbons (Fsp3) is 0.476. The zero-order valence-corrected chi connectivity index (χ0v) is 20.4. The molecule has 2 N–H and O–H groups in total. The molecule has 1 aromatic carbocycles. The highest BCUT2D eigenvalue weighted by Gasteiger charge is 2.19. The Kier molecular flexibility index (Phi) is 10.6. The van der Waals surface area contributed by atoms with Crippen LogP contribution >= 0.6 is 35.6 Å². The van der Waals surface area contributed by atoms with Crippen LogP contribution in [0.15, 0.2) is 46.4 Å². The third-order valence-corrected chi connectivity index (χ3v) is 5.04. The van der Waals surface area contributed by atoms with Gasteiger partial charge in [0, 0.05) is 49.2 Å². The molecule has 0 aliphatic carbocycles. The lowest BCUT2D eigenvalue weighted by molar-refractivity contribution is 0.225. The number of hydrogen-bond donors (Lipinski definition) is 2. The highest BCUT2D eigenvalue weighted by atomic mass is 127. The van der Waals surface area contributed by atoms with Crippen molar-refractivity contribution in [2.75, 3.05) is 32.7 Å². The minimum atomic E-state index is 0. The summed E-state index contributed by atoms with van der Waals surface area (Å²) < 4.78 is 5.36. The zero-order valence-electron chi connectivity index (χ0n) is 17.3. The molecule has 0 radical (unpaired) electrons. The maximum absolute atomic E-state index is 6.03. The van der Waals surface area contributed by atoms with Crippen LogP contribution in [0.2, 0.25) is 5.02 Å². The zero-order chi connectivity index (χ0) is 20.5. The third kappa shape index (κ3) is 7.55. The van der Waals surface area contributed by atoms with E-state index in [1.54, 1.807) is 0 Å². The third-order valence-electron chi connectivity index (χ3n) is 4.81. The van der Waals surface area contributed by atoms with Crippen LogP contribution in [0.25, 0.3) is 11.4 Å². The van der Waals surface area contributed by atoms with E-state index < -0.39 is 0 Å². The van der Waals surface area contributed by atoms with Crippen LogP contribution in [0, 0.1) is 0 Å². The topological polar surface area (TPSA) is 78.6 Å². The summed E-state index contributed by atoms with van der Waals surface area (Å²) in [6.07, 6.45) is 4.76. The van der Waals surface area contributed by atoms with Crippen molar-refractivity contribution in [3.8, 4) is 11.4 Å². The summed E-state index contributed by atoms with van der Waals surface area (Å²) >= 11 is 6.03. The largest absolute Gasteiger partial charge is 0.357 e. The van der Waals surface area contributed by atoms with Gasteiger partial charge < -0.3 is 15.2 Å². The molecule has 0 spiro atoms. The molecule has 0 atom stereocenters. The van der Waals surface area contributed by atoms with E-state index in [2.05, 4.69) is 44.2 Å². The molecular weight excluding hydrogens is 515 g/mol. The second-order valence-corrected chi connectivity index (χ2v) is 7.48. The van der Waals surface area contributed by atoms with Crippen molar-refractivity contribution in [1.29, 1.82) is 0 Å². The van der Waals surface area contributed by atoms with Crippen molar-refractivity contribution < 1.29 is 4.52 Å². The second-order valence-electron chi connectivity index (χ2n) is 7.04. The predicted octanol–water partition coefficient (Wildman–Crippen LogP) is 3.76. The van der Waals surface area contributed by atoms with E-state index in [9.17, 15) is 0 Å². The first kappa shape index (κ1) is 24.6. The van der Waals surface area contributed by atoms with Crippen molar-refractivity contribution in [3.05, 3.63) is 47.8 Å². The van der Waals surface area contributed by atoms with Crippen molar-refractivity contribution in [1.82, 2.24) is 25.7 Å². The summed E-state index contributed by atoms with van der Waals surface area (Å²) in [5, 5.41) is 11.6. The van der Waals surface area contributed by atoms with Gasteiger partial charge in [0.2, 0.25) is 11.7 Å². The lowest BCUT2D eigenvalue weighted by atomic mass is 10.1. The molecular formula is C21H30ClIN6O. The van der Waals surface area contributed by atoms with Crippen molar-refractivity contribution in [3.63, 3.8) is 0 Å². The van der Waals surface area contributed by atoms with Crippen molar-refractivity contribution >= 4 is 41.5 Å². The standard InChI is InChI=1S/C21H29ClN6O.HI/c1-3-12-28-13-9-18(10-14-28)25-21(23-4-2)24-11-8-19-26-20(27-29-19)16-6-5-7-17(22)15-16;/h3,5-7,15,18H,1,4,8-14H2,2H3,(H2,23,24,25);1H. The molecule has 1 aromatic heterocycles. The molecule has 1 saturated heterocycles. The lowest BCUT2D eigenvalue weighted by Crippen LogP contribution is -2.48. The lowest BCUT2D eigenvalue weighted by Gasteiger charge is -2.32. The van der Waals surface area contributed by atoms with E-state index in [4.69, 9.17) is 16.1 Å². The maximum atomic E-state index is 6.03. The number of halogens is 2. The molecule has 2 aromatic rings. The predicted molar refractivity (Wildman–Crippen MR) is 133 cm³/mol. The molecule has 1 fully saturated rings. The summed E-state index contributed by atoms with van der Waals surface area (Å²) in [6.45, 7) is 10.4. The van der Waals surface area contributed by atoms with Crippen LogP contribution in [-0.2, 0) is 6.42 Å². The van der Waals surface area contributed by atoms with Gasteiger partial charge in [-0.25, -0.2) is 0 Å². The van der Waals surface area contributed by atoms with Crippen molar-refractivity contribution in [2.24, 2.45) is 4.99 Å². The molecule has 3 rings (SSSR count). The number of nitrogens with one attached hydrogen (secondary N) is 2. The molecule has 2 heterocycles. The first-order chi connectivity index (χ1) is 14.2. The van der Waals surface area contributed by atoms with Gasteiger partial charge in [0.05, 0.1) is 6.54 Å². The highest BCUT2D eigenvalue weighted by Crippen LogP contribution is 2.20. The molecule has 30 heavy (non-hydrogen) atoms. The van der Waals surface area contributed by atoms with Gasteiger partial charge in [-0.1, -0.05) is 35.0 Å². The minimum Gasteiger partial charge on any atom is -0.357 e. The molecule has 0 unspecified atom stereocenters. The van der Waals surface area contributed by atoms with Crippen molar-refractivity contribution in [2.45, 2.75) is 32.2 Å².